The van der Waals surface area contributed by atoms with E-state index in [4.69, 9.17) is 11.6 Å². The number of aromatic amines is 1. The molecule has 126 valence electrons. The lowest BCUT2D eigenvalue weighted by Crippen LogP contribution is -2.26. The minimum atomic E-state index is -3.56. The van der Waals surface area contributed by atoms with Crippen LogP contribution in [0.15, 0.2) is 47.5 Å². The first-order chi connectivity index (χ1) is 11.4. The minimum absolute atomic E-state index is 0.281. The summed E-state index contributed by atoms with van der Waals surface area (Å²) in [5.74, 6) is 0. The number of hydrogen-bond acceptors (Lipinski definition) is 2. The lowest BCUT2D eigenvalue weighted by atomic mass is 10.1. The van der Waals surface area contributed by atoms with Crippen molar-refractivity contribution in [2.75, 3.05) is 6.54 Å². The fourth-order valence-corrected chi connectivity index (χ4v) is 4.34. The predicted molar refractivity (Wildman–Crippen MR) is 98.1 cm³/mol. The molecular formula is C18H19ClN2O2S. The monoisotopic (exact) mass is 362 g/mol. The highest BCUT2D eigenvalue weighted by Gasteiger charge is 2.18. The summed E-state index contributed by atoms with van der Waals surface area (Å²) in [7, 11) is -3.56. The summed E-state index contributed by atoms with van der Waals surface area (Å²) in [6, 6.07) is 11.3. The maximum Gasteiger partial charge on any atom is 0.240 e. The van der Waals surface area contributed by atoms with Gasteiger partial charge in [0.2, 0.25) is 10.0 Å². The Hall–Kier alpha value is -1.82. The van der Waals surface area contributed by atoms with E-state index in [1.54, 1.807) is 26.0 Å². The van der Waals surface area contributed by atoms with Crippen LogP contribution < -0.4 is 4.72 Å². The maximum atomic E-state index is 12.5. The van der Waals surface area contributed by atoms with Crippen molar-refractivity contribution < 1.29 is 8.42 Å². The summed E-state index contributed by atoms with van der Waals surface area (Å²) in [4.78, 5) is 3.48. The van der Waals surface area contributed by atoms with E-state index in [9.17, 15) is 8.42 Å². The molecule has 0 aliphatic rings. The standard InChI is InChI=1S/C18H19ClN2O2S/c1-12-10-18(13(2)9-16(12)19)24(22,23)21-8-7-14-11-20-17-6-4-3-5-15(14)17/h3-6,9-11,20-21H,7-8H2,1-2H3. The van der Waals surface area contributed by atoms with Crippen molar-refractivity contribution in [3.05, 3.63) is 64.3 Å². The van der Waals surface area contributed by atoms with Gasteiger partial charge in [-0.3, -0.25) is 0 Å². The first-order valence-electron chi connectivity index (χ1n) is 7.70. The van der Waals surface area contributed by atoms with Crippen LogP contribution in [0.1, 0.15) is 16.7 Å². The van der Waals surface area contributed by atoms with Crippen molar-refractivity contribution in [3.63, 3.8) is 0 Å². The number of rotatable bonds is 5. The number of aryl methyl sites for hydroxylation is 2. The van der Waals surface area contributed by atoms with E-state index in [1.807, 2.05) is 30.5 Å². The molecule has 1 heterocycles. The second-order valence-corrected chi connectivity index (χ2v) is 8.02. The summed E-state index contributed by atoms with van der Waals surface area (Å²) in [6.45, 7) is 3.89. The first kappa shape index (κ1) is 17.0. The van der Waals surface area contributed by atoms with Crippen LogP contribution >= 0.6 is 11.6 Å². The molecule has 0 saturated heterocycles. The predicted octanol–water partition coefficient (Wildman–Crippen LogP) is 3.96. The lowest BCUT2D eigenvalue weighted by molar-refractivity contribution is 0.581. The molecule has 0 aliphatic heterocycles. The van der Waals surface area contributed by atoms with Crippen LogP contribution in [0.25, 0.3) is 10.9 Å². The fraction of sp³-hybridized carbons (Fsp3) is 0.222. The fourth-order valence-electron chi connectivity index (χ4n) is 2.78. The van der Waals surface area contributed by atoms with Gasteiger partial charge in [0.05, 0.1) is 4.90 Å². The molecule has 3 aromatic rings. The number of nitrogens with one attached hydrogen (secondary N) is 2. The smallest absolute Gasteiger partial charge is 0.240 e. The summed E-state index contributed by atoms with van der Waals surface area (Å²) in [6.07, 6.45) is 2.55. The van der Waals surface area contributed by atoms with E-state index in [0.29, 0.717) is 23.6 Å². The Morgan fingerprint density at radius 3 is 2.67 bits per heavy atom. The van der Waals surface area contributed by atoms with Crippen LogP contribution in [0.3, 0.4) is 0 Å². The van der Waals surface area contributed by atoms with Crippen molar-refractivity contribution in [2.24, 2.45) is 0 Å². The van der Waals surface area contributed by atoms with Gasteiger partial charge in [0.15, 0.2) is 0 Å². The number of halogens is 1. The summed E-state index contributed by atoms with van der Waals surface area (Å²) in [5.41, 5.74) is 3.54. The van der Waals surface area contributed by atoms with Gasteiger partial charge in [0.25, 0.3) is 0 Å². The number of aromatic nitrogens is 1. The molecule has 0 atom stereocenters. The molecule has 0 bridgehead atoms. The normalized spacial score (nSPS) is 12.0. The van der Waals surface area contributed by atoms with Crippen LogP contribution in [-0.4, -0.2) is 19.9 Å². The van der Waals surface area contributed by atoms with Gasteiger partial charge in [-0.1, -0.05) is 29.8 Å². The third kappa shape index (κ3) is 3.34. The lowest BCUT2D eigenvalue weighted by Gasteiger charge is -2.11. The van der Waals surface area contributed by atoms with Gasteiger partial charge in [0, 0.05) is 28.7 Å². The number of fused-ring (bicyclic) bond motifs is 1. The number of benzene rings is 2. The topological polar surface area (TPSA) is 62.0 Å². The zero-order valence-corrected chi connectivity index (χ0v) is 15.1. The Labute approximate surface area is 146 Å². The van der Waals surface area contributed by atoms with Crippen molar-refractivity contribution in [3.8, 4) is 0 Å². The molecule has 0 saturated carbocycles. The van der Waals surface area contributed by atoms with Crippen LogP contribution in [0.4, 0.5) is 0 Å². The Balaban J connectivity index is 1.75. The van der Waals surface area contributed by atoms with E-state index in [1.165, 1.54) is 0 Å². The molecule has 0 aliphatic carbocycles. The Morgan fingerprint density at radius 1 is 1.12 bits per heavy atom. The van der Waals surface area contributed by atoms with E-state index in [2.05, 4.69) is 9.71 Å². The van der Waals surface area contributed by atoms with Gasteiger partial charge < -0.3 is 4.98 Å². The van der Waals surface area contributed by atoms with E-state index >= 15 is 0 Å². The summed E-state index contributed by atoms with van der Waals surface area (Å²) < 4.78 is 27.8. The van der Waals surface area contributed by atoms with Crippen molar-refractivity contribution >= 4 is 32.5 Å². The molecule has 24 heavy (non-hydrogen) atoms. The van der Waals surface area contributed by atoms with Crippen LogP contribution in [0.2, 0.25) is 5.02 Å². The average molecular weight is 363 g/mol. The molecule has 0 spiro atoms. The molecule has 0 unspecified atom stereocenters. The molecular weight excluding hydrogens is 344 g/mol. The molecule has 0 radical (unpaired) electrons. The number of sulfonamides is 1. The van der Waals surface area contributed by atoms with Gasteiger partial charge in [0.1, 0.15) is 0 Å². The highest BCUT2D eigenvalue weighted by atomic mass is 35.5. The van der Waals surface area contributed by atoms with Gasteiger partial charge in [-0.2, -0.15) is 0 Å². The quantitative estimate of drug-likeness (QED) is 0.721. The van der Waals surface area contributed by atoms with Crippen LogP contribution in [0, 0.1) is 13.8 Å². The molecule has 4 nitrogen and oxygen atoms in total. The zero-order chi connectivity index (χ0) is 17.3. The van der Waals surface area contributed by atoms with Gasteiger partial charge in [-0.25, -0.2) is 13.1 Å². The Bertz CT molecular complexity index is 993. The van der Waals surface area contributed by atoms with Crippen LogP contribution in [0.5, 0.6) is 0 Å². The van der Waals surface area contributed by atoms with Crippen molar-refractivity contribution in [2.45, 2.75) is 25.2 Å². The van der Waals surface area contributed by atoms with Gasteiger partial charge in [-0.05, 0) is 55.2 Å². The molecule has 3 rings (SSSR count). The third-order valence-electron chi connectivity index (χ3n) is 4.11. The average Bonchev–Trinajstić information content (AvgIpc) is 2.94. The molecule has 0 fully saturated rings. The van der Waals surface area contributed by atoms with Gasteiger partial charge in [-0.15, -0.1) is 0 Å². The van der Waals surface area contributed by atoms with Crippen molar-refractivity contribution in [1.29, 1.82) is 0 Å². The second-order valence-electron chi connectivity index (χ2n) is 5.87. The molecule has 2 N–H and O–H groups in total. The molecule has 1 aromatic heterocycles. The van der Waals surface area contributed by atoms with E-state index in [-0.39, 0.29) is 4.90 Å². The van der Waals surface area contributed by atoms with Crippen LogP contribution in [-0.2, 0) is 16.4 Å². The zero-order valence-electron chi connectivity index (χ0n) is 13.6. The number of hydrogen-bond donors (Lipinski definition) is 2. The van der Waals surface area contributed by atoms with Gasteiger partial charge >= 0.3 is 0 Å². The molecule has 2 aromatic carbocycles. The minimum Gasteiger partial charge on any atom is -0.361 e. The van der Waals surface area contributed by atoms with Crippen molar-refractivity contribution in [1.82, 2.24) is 9.71 Å². The number of H-pyrrole nitrogens is 1. The third-order valence-corrected chi connectivity index (χ3v) is 6.12. The first-order valence-corrected chi connectivity index (χ1v) is 9.56. The SMILES string of the molecule is Cc1cc(S(=O)(=O)NCCc2c[nH]c3ccccc23)c(C)cc1Cl. The second kappa shape index (κ2) is 6.59. The molecule has 6 heteroatoms. The van der Waals surface area contributed by atoms with E-state index in [0.717, 1.165) is 22.0 Å². The Morgan fingerprint density at radius 2 is 1.88 bits per heavy atom. The number of para-hydroxylation sites is 1. The summed E-state index contributed by atoms with van der Waals surface area (Å²) in [5, 5.41) is 1.69. The molecule has 0 amide bonds. The highest BCUT2D eigenvalue weighted by molar-refractivity contribution is 7.89. The van der Waals surface area contributed by atoms with E-state index < -0.39 is 10.0 Å². The largest absolute Gasteiger partial charge is 0.361 e. The maximum absolute atomic E-state index is 12.5. The highest BCUT2D eigenvalue weighted by Crippen LogP contribution is 2.24. The summed E-state index contributed by atoms with van der Waals surface area (Å²) >= 11 is 6.04. The Kier molecular flexibility index (Phi) is 4.67.